The molecule has 0 rings (SSSR count). The summed E-state index contributed by atoms with van der Waals surface area (Å²) in [6, 6.07) is 0. The Morgan fingerprint density at radius 1 is 1.42 bits per heavy atom. The van der Waals surface area contributed by atoms with E-state index in [-0.39, 0.29) is 42.2 Å². The molecule has 7 heteroatoms. The fraction of sp³-hybridized carbons (Fsp3) is 0.600. The van der Waals surface area contributed by atoms with Gasteiger partial charge in [-0.1, -0.05) is 7.43 Å². The second kappa shape index (κ2) is 17.5. The third-order valence-electron chi connectivity index (χ3n) is 0.328. The molecule has 70 valence electrons. The molecule has 0 aromatic heterocycles. The van der Waals surface area contributed by atoms with Crippen LogP contribution in [0.2, 0.25) is 0 Å². The normalized spacial score (nSPS) is 5.75. The van der Waals surface area contributed by atoms with Gasteiger partial charge in [-0.15, -0.1) is 0 Å². The van der Waals surface area contributed by atoms with Crippen molar-refractivity contribution in [3.63, 3.8) is 0 Å². The Balaban J connectivity index is -0.0000000483. The zero-order valence-corrected chi connectivity index (χ0v) is 7.13. The van der Waals surface area contributed by atoms with Crippen molar-refractivity contribution in [3.05, 3.63) is 0 Å². The number of aliphatic hydroxyl groups is 2. The Hall–Kier alpha value is 0.380. The zero-order valence-electron chi connectivity index (χ0n) is 5.50. The molecule has 0 bridgehead atoms. The summed E-state index contributed by atoms with van der Waals surface area (Å²) in [6.45, 7) is 2.55. The Bertz CT molecular complexity index is 120. The average molecular weight is 222 g/mol. The molecule has 0 aliphatic carbocycles. The Morgan fingerprint density at radius 2 is 1.67 bits per heavy atom. The zero-order chi connectivity index (χ0) is 8.57. The minimum atomic E-state index is -0.500. The quantitative estimate of drug-likeness (QED) is 0.375. The summed E-state index contributed by atoms with van der Waals surface area (Å²) in [7, 11) is 0. The summed E-state index contributed by atoms with van der Waals surface area (Å²) in [4.78, 5) is 0. The van der Waals surface area contributed by atoms with Crippen molar-refractivity contribution >= 4 is 64.3 Å². The van der Waals surface area contributed by atoms with Crippen molar-refractivity contribution in [2.24, 2.45) is 5.73 Å². The van der Waals surface area contributed by atoms with Crippen LogP contribution in [0.25, 0.3) is 0 Å². The first-order valence-electron chi connectivity index (χ1n) is 2.45. The van der Waals surface area contributed by atoms with Crippen LogP contribution in [-0.2, 0) is 0 Å². The summed E-state index contributed by atoms with van der Waals surface area (Å²) >= 11 is 8.11. The molecule has 0 unspecified atom stereocenters. The number of nitrogens with two attached hydrogens (primary N) is 1. The van der Waals surface area contributed by atoms with Crippen LogP contribution in [0.5, 0.6) is 0 Å². The fourth-order valence-corrected chi connectivity index (χ4v) is 0.296. The molecule has 0 heterocycles. The van der Waals surface area contributed by atoms with Gasteiger partial charge in [0.15, 0.2) is 0 Å². The van der Waals surface area contributed by atoms with Gasteiger partial charge in [0.05, 0.1) is 0 Å². The summed E-state index contributed by atoms with van der Waals surface area (Å²) in [6.07, 6.45) is 0. The second-order valence-electron chi connectivity index (χ2n) is 1.17. The van der Waals surface area contributed by atoms with E-state index in [1.165, 1.54) is 0 Å². The molecule has 0 fully saturated rings. The van der Waals surface area contributed by atoms with E-state index in [2.05, 4.69) is 35.5 Å². The van der Waals surface area contributed by atoms with E-state index >= 15 is 0 Å². The van der Waals surface area contributed by atoms with Crippen LogP contribution in [0.3, 0.4) is 0 Å². The first-order valence-corrected chi connectivity index (χ1v) is 3.27. The van der Waals surface area contributed by atoms with Gasteiger partial charge in [0, 0.05) is 6.54 Å². The topological polar surface area (TPSA) is 78.5 Å². The molecule has 12 heavy (non-hydrogen) atoms. The van der Waals surface area contributed by atoms with Crippen LogP contribution in [0.1, 0.15) is 14.4 Å². The number of hydrogen-bond donors (Lipinski definition) is 4. The first-order chi connectivity index (χ1) is 4.50. The molecular weight excluding hydrogens is 207 g/mol. The molecule has 0 aromatic rings. The van der Waals surface area contributed by atoms with Crippen LogP contribution in [0, 0.1) is 0 Å². The van der Waals surface area contributed by atoms with Gasteiger partial charge in [-0.3, -0.25) is 0 Å². The number of thiocarbonyl (C=S) groups is 2. The summed E-state index contributed by atoms with van der Waals surface area (Å²) in [5.41, 5.74) is 4.40. The molecule has 0 saturated heterocycles. The summed E-state index contributed by atoms with van der Waals surface area (Å²) in [5.74, 6) is 0. The van der Waals surface area contributed by atoms with Gasteiger partial charge in [-0.25, -0.2) is 0 Å². The van der Waals surface area contributed by atoms with Crippen LogP contribution in [0.15, 0.2) is 0 Å². The molecule has 0 atom stereocenters. The average Bonchev–Trinajstić information content (AvgIpc) is 1.62. The molecule has 0 amide bonds. The van der Waals surface area contributed by atoms with Crippen molar-refractivity contribution in [2.75, 3.05) is 6.54 Å². The second-order valence-corrected chi connectivity index (χ2v) is 1.98. The number of nitrogens with one attached hydrogen (secondary N) is 1. The first kappa shape index (κ1) is 22.8. The third kappa shape index (κ3) is 79.9. The Labute approximate surface area is 106 Å². The van der Waals surface area contributed by atoms with Crippen molar-refractivity contribution in [2.45, 2.75) is 14.4 Å². The Kier molecular flexibility index (Phi) is 33.2. The fourth-order valence-electron chi connectivity index (χ4n) is 0.151. The molecule has 0 aliphatic heterocycles. The number of aliphatic hydroxyl groups excluding tert-OH is 2. The predicted molar refractivity (Wildman–Crippen MR) is 62.2 cm³/mol. The van der Waals surface area contributed by atoms with Gasteiger partial charge in [-0.2, -0.15) is 0 Å². The molecule has 0 aliphatic rings. The van der Waals surface area contributed by atoms with Crippen molar-refractivity contribution in [1.82, 2.24) is 5.32 Å². The monoisotopic (exact) mass is 222 g/mol. The number of rotatable bonds is 1. The maximum atomic E-state index is 8.17. The standard InChI is InChI=1S/C3H7NOS.CH3NOS.CH4.Na.H/c1-2-4-3(5)6;2-1(3)4;;;/h2H2,1H3,(H2,4,5,6);(H3,2,3,4);1H4;;. The van der Waals surface area contributed by atoms with E-state index in [4.69, 9.17) is 10.2 Å². The Morgan fingerprint density at radius 3 is 1.67 bits per heavy atom. The molecule has 0 spiro atoms. The van der Waals surface area contributed by atoms with Crippen molar-refractivity contribution in [3.8, 4) is 0 Å². The van der Waals surface area contributed by atoms with Crippen LogP contribution in [0.4, 0.5) is 0 Å². The van der Waals surface area contributed by atoms with E-state index in [9.17, 15) is 0 Å². The maximum absolute atomic E-state index is 8.17. The van der Waals surface area contributed by atoms with Gasteiger partial charge in [0.25, 0.3) is 10.3 Å². The van der Waals surface area contributed by atoms with Gasteiger partial charge >= 0.3 is 29.6 Å². The van der Waals surface area contributed by atoms with Gasteiger partial charge in [-0.05, 0) is 31.4 Å². The van der Waals surface area contributed by atoms with Crippen molar-refractivity contribution in [1.29, 1.82) is 0 Å². The third-order valence-corrected chi connectivity index (χ3v) is 0.472. The predicted octanol–water partition coefficient (Wildman–Crippen LogP) is 0.214. The van der Waals surface area contributed by atoms with Crippen LogP contribution >= 0.6 is 24.4 Å². The minimum absolute atomic E-state index is 0. The van der Waals surface area contributed by atoms with E-state index in [1.54, 1.807) is 0 Å². The van der Waals surface area contributed by atoms with Gasteiger partial charge in [0.1, 0.15) is 0 Å². The van der Waals surface area contributed by atoms with E-state index in [1.807, 2.05) is 6.92 Å². The van der Waals surface area contributed by atoms with E-state index in [0.29, 0.717) is 6.54 Å². The summed E-state index contributed by atoms with van der Waals surface area (Å²) < 4.78 is 0. The number of hydrogen-bond acceptors (Lipinski definition) is 2. The van der Waals surface area contributed by atoms with E-state index in [0.717, 1.165) is 0 Å². The van der Waals surface area contributed by atoms with Crippen molar-refractivity contribution < 1.29 is 10.2 Å². The van der Waals surface area contributed by atoms with Gasteiger partial charge in [0.2, 0.25) is 0 Å². The molecule has 5 N–H and O–H groups in total. The molecule has 4 nitrogen and oxygen atoms in total. The molecule has 0 radical (unpaired) electrons. The molecule has 0 aromatic carbocycles. The van der Waals surface area contributed by atoms with Crippen LogP contribution in [-0.4, -0.2) is 56.7 Å². The summed E-state index contributed by atoms with van der Waals surface area (Å²) in [5, 5.41) is 17.6. The van der Waals surface area contributed by atoms with Gasteiger partial charge < -0.3 is 21.3 Å². The molecular formula is C5H15N2NaO2S2. The van der Waals surface area contributed by atoms with E-state index < -0.39 is 5.17 Å². The molecule has 0 saturated carbocycles. The van der Waals surface area contributed by atoms with Crippen LogP contribution < -0.4 is 11.1 Å². The SMILES string of the molecule is C.CCNC(O)=S.NC(O)=S.[NaH].